The Labute approximate surface area is 206 Å². The molecule has 1 atom stereocenters. The highest BCUT2D eigenvalue weighted by Crippen LogP contribution is 2.32. The number of carbonyl (C=O) groups excluding carboxylic acids is 1. The van der Waals surface area contributed by atoms with Crippen molar-refractivity contribution in [1.29, 1.82) is 0 Å². The summed E-state index contributed by atoms with van der Waals surface area (Å²) < 4.78 is 11.3. The number of pyridine rings is 1. The zero-order valence-corrected chi connectivity index (χ0v) is 19.6. The smallest absolute Gasteiger partial charge is 0.337 e. The van der Waals surface area contributed by atoms with Crippen molar-refractivity contribution in [2.45, 2.75) is 25.5 Å². The lowest BCUT2D eigenvalue weighted by Gasteiger charge is -2.25. The van der Waals surface area contributed by atoms with Gasteiger partial charge in [-0.15, -0.1) is 0 Å². The first-order valence-corrected chi connectivity index (χ1v) is 11.5. The van der Waals surface area contributed by atoms with Crippen LogP contribution in [0.15, 0.2) is 60.7 Å². The van der Waals surface area contributed by atoms with E-state index in [9.17, 15) is 14.7 Å². The van der Waals surface area contributed by atoms with E-state index < -0.39 is 5.97 Å². The third-order valence-corrected chi connectivity index (χ3v) is 6.01. The molecule has 0 radical (unpaired) electrons. The van der Waals surface area contributed by atoms with Gasteiger partial charge >= 0.3 is 5.97 Å². The minimum atomic E-state index is -1.09. The molecular weight excluding hydrogens is 479 g/mol. The van der Waals surface area contributed by atoms with E-state index in [4.69, 9.17) is 32.7 Å². The van der Waals surface area contributed by atoms with Crippen molar-refractivity contribution in [3.8, 4) is 11.5 Å². The molecule has 7 nitrogen and oxygen atoms in total. The highest BCUT2D eigenvalue weighted by molar-refractivity contribution is 6.30. The molecule has 2 heterocycles. The predicted octanol–water partition coefficient (Wildman–Crippen LogP) is 5.41. The number of halogens is 2. The van der Waals surface area contributed by atoms with Crippen LogP contribution < -0.4 is 9.47 Å². The van der Waals surface area contributed by atoms with E-state index in [1.54, 1.807) is 59.5 Å². The molecule has 2 aromatic carbocycles. The van der Waals surface area contributed by atoms with E-state index >= 15 is 0 Å². The van der Waals surface area contributed by atoms with Crippen molar-refractivity contribution in [2.24, 2.45) is 0 Å². The van der Waals surface area contributed by atoms with Crippen LogP contribution in [0.25, 0.3) is 0 Å². The van der Waals surface area contributed by atoms with Gasteiger partial charge < -0.3 is 19.5 Å². The molecule has 1 fully saturated rings. The lowest BCUT2D eigenvalue weighted by Crippen LogP contribution is -2.35. The number of likely N-dealkylation sites (tertiary alicyclic amines) is 1. The van der Waals surface area contributed by atoms with E-state index in [0.29, 0.717) is 33.8 Å². The Hall–Kier alpha value is -3.29. The van der Waals surface area contributed by atoms with Crippen LogP contribution in [-0.2, 0) is 11.4 Å². The van der Waals surface area contributed by atoms with Gasteiger partial charge in [-0.25, -0.2) is 4.79 Å². The van der Waals surface area contributed by atoms with Gasteiger partial charge in [0, 0.05) is 16.6 Å². The number of rotatable bonds is 8. The summed E-state index contributed by atoms with van der Waals surface area (Å²) in [4.78, 5) is 30.9. The van der Waals surface area contributed by atoms with Crippen LogP contribution in [0, 0.1) is 0 Å². The van der Waals surface area contributed by atoms with Crippen molar-refractivity contribution in [3.63, 3.8) is 0 Å². The van der Waals surface area contributed by atoms with Gasteiger partial charge in [-0.3, -0.25) is 9.78 Å². The zero-order chi connectivity index (χ0) is 24.1. The second kappa shape index (κ2) is 10.8. The second-order valence-electron chi connectivity index (χ2n) is 7.77. The van der Waals surface area contributed by atoms with Gasteiger partial charge in [0.25, 0.3) is 5.91 Å². The summed E-state index contributed by atoms with van der Waals surface area (Å²) >= 11 is 11.8. The molecule has 1 saturated heterocycles. The van der Waals surface area contributed by atoms with Crippen molar-refractivity contribution in [1.82, 2.24) is 9.88 Å². The number of hydrogen-bond donors (Lipinski definition) is 1. The Bertz CT molecular complexity index is 1170. The molecule has 1 amide bonds. The van der Waals surface area contributed by atoms with Crippen molar-refractivity contribution >= 4 is 35.1 Å². The number of aromatic nitrogens is 1. The largest absolute Gasteiger partial charge is 0.487 e. The lowest BCUT2D eigenvalue weighted by atomic mass is 10.1. The minimum Gasteiger partial charge on any atom is -0.487 e. The molecule has 176 valence electrons. The Morgan fingerprint density at radius 2 is 1.56 bits per heavy atom. The number of nitrogens with zero attached hydrogens (tertiary/aromatic N) is 2. The monoisotopic (exact) mass is 500 g/mol. The summed E-state index contributed by atoms with van der Waals surface area (Å²) in [5, 5.41) is 10.8. The third-order valence-electron chi connectivity index (χ3n) is 5.51. The molecule has 0 spiro atoms. The molecule has 0 unspecified atom stereocenters. The van der Waals surface area contributed by atoms with Gasteiger partial charge in [0.1, 0.15) is 18.1 Å². The first-order valence-electron chi connectivity index (χ1n) is 10.7. The maximum atomic E-state index is 12.9. The molecule has 4 rings (SSSR count). The summed E-state index contributed by atoms with van der Waals surface area (Å²) in [6, 6.07) is 16.5. The fourth-order valence-corrected chi connectivity index (χ4v) is 4.07. The zero-order valence-electron chi connectivity index (χ0n) is 18.1. The number of aromatic carboxylic acids is 1. The molecule has 0 aliphatic carbocycles. The summed E-state index contributed by atoms with van der Waals surface area (Å²) in [6.45, 7) is 0.432. The lowest BCUT2D eigenvalue weighted by molar-refractivity contribution is -0.134. The van der Waals surface area contributed by atoms with E-state index in [1.165, 1.54) is 6.07 Å². The first kappa shape index (κ1) is 23.9. The number of amides is 1. The van der Waals surface area contributed by atoms with Gasteiger partial charge in [-0.2, -0.15) is 0 Å². The van der Waals surface area contributed by atoms with Crippen LogP contribution in [0.5, 0.6) is 11.5 Å². The van der Waals surface area contributed by atoms with Gasteiger partial charge in [0.15, 0.2) is 6.61 Å². The molecule has 0 saturated carbocycles. The molecule has 0 bridgehead atoms. The van der Waals surface area contributed by atoms with Crippen LogP contribution in [-0.4, -0.2) is 40.0 Å². The molecule has 1 aliphatic heterocycles. The minimum absolute atomic E-state index is 0.0303. The maximum Gasteiger partial charge on any atom is 0.337 e. The topological polar surface area (TPSA) is 89.0 Å². The molecule has 1 aliphatic rings. The van der Waals surface area contributed by atoms with Crippen molar-refractivity contribution in [3.05, 3.63) is 87.7 Å². The molecule has 9 heteroatoms. The van der Waals surface area contributed by atoms with Crippen LogP contribution in [0.4, 0.5) is 0 Å². The molecule has 34 heavy (non-hydrogen) atoms. The van der Waals surface area contributed by atoms with Crippen molar-refractivity contribution in [2.75, 3.05) is 13.2 Å². The highest BCUT2D eigenvalue weighted by atomic mass is 35.5. The van der Waals surface area contributed by atoms with Crippen LogP contribution in [0.2, 0.25) is 10.0 Å². The Morgan fingerprint density at radius 1 is 0.941 bits per heavy atom. The Balaban J connectivity index is 1.48. The summed E-state index contributed by atoms with van der Waals surface area (Å²) in [6.07, 6.45) is 1.54. The Kier molecular flexibility index (Phi) is 7.55. The standard InChI is InChI=1S/C25H22Cl2N2O5/c26-16-3-7-18(8-4-16)33-14-22-20(25(31)32)11-12-21(28-22)23-2-1-13-29(23)24(30)15-34-19-9-5-17(27)6-10-19/h3-12,23H,1-2,13-15H2,(H,31,32)/t23-/m0/s1. The average Bonchev–Trinajstić information content (AvgIpc) is 3.33. The van der Waals surface area contributed by atoms with Gasteiger partial charge in [-0.1, -0.05) is 23.2 Å². The predicted molar refractivity (Wildman–Crippen MR) is 128 cm³/mol. The van der Waals surface area contributed by atoms with Crippen molar-refractivity contribution < 1.29 is 24.2 Å². The number of carbonyl (C=O) groups is 2. The van der Waals surface area contributed by atoms with E-state index in [-0.39, 0.29) is 36.4 Å². The fraction of sp³-hybridized carbons (Fsp3) is 0.240. The molecule has 1 N–H and O–H groups in total. The number of carboxylic acid groups (broad SMARTS) is 1. The highest BCUT2D eigenvalue weighted by Gasteiger charge is 2.32. The van der Waals surface area contributed by atoms with Crippen LogP contribution >= 0.6 is 23.2 Å². The first-order chi connectivity index (χ1) is 16.4. The normalized spacial score (nSPS) is 15.2. The number of benzene rings is 2. The number of hydrogen-bond acceptors (Lipinski definition) is 5. The van der Waals surface area contributed by atoms with Gasteiger partial charge in [-0.05, 0) is 73.5 Å². The Morgan fingerprint density at radius 3 is 2.18 bits per heavy atom. The summed E-state index contributed by atoms with van der Waals surface area (Å²) in [5.74, 6) is -0.158. The fourth-order valence-electron chi connectivity index (χ4n) is 3.82. The second-order valence-corrected chi connectivity index (χ2v) is 8.64. The van der Waals surface area contributed by atoms with E-state index in [0.717, 1.165) is 12.8 Å². The van der Waals surface area contributed by atoms with E-state index in [1.807, 2.05) is 0 Å². The molecular formula is C25H22Cl2N2O5. The van der Waals surface area contributed by atoms with Crippen LogP contribution in [0.1, 0.15) is 40.6 Å². The van der Waals surface area contributed by atoms with Crippen LogP contribution in [0.3, 0.4) is 0 Å². The van der Waals surface area contributed by atoms with E-state index in [2.05, 4.69) is 4.98 Å². The summed E-state index contributed by atoms with van der Waals surface area (Å²) in [5.41, 5.74) is 0.966. The van der Waals surface area contributed by atoms with Gasteiger partial charge in [0.2, 0.25) is 0 Å². The quantitative estimate of drug-likeness (QED) is 0.444. The number of ether oxygens (including phenoxy) is 2. The maximum absolute atomic E-state index is 12.9. The third kappa shape index (κ3) is 5.79. The molecule has 3 aromatic rings. The average molecular weight is 501 g/mol. The SMILES string of the molecule is O=C(O)c1ccc([C@@H]2CCCN2C(=O)COc2ccc(Cl)cc2)nc1COc1ccc(Cl)cc1. The number of carboxylic acids is 1. The molecule has 1 aromatic heterocycles. The van der Waals surface area contributed by atoms with Gasteiger partial charge in [0.05, 0.1) is 23.0 Å². The summed E-state index contributed by atoms with van der Waals surface area (Å²) in [7, 11) is 0.